The molecule has 0 atom stereocenters. The molecule has 0 aliphatic heterocycles. The smallest absolute Gasteiger partial charge is 0.165 e. The van der Waals surface area contributed by atoms with E-state index >= 15 is 0 Å². The van der Waals surface area contributed by atoms with Gasteiger partial charge in [-0.1, -0.05) is 39.7 Å². The van der Waals surface area contributed by atoms with Gasteiger partial charge in [0.1, 0.15) is 5.03 Å². The summed E-state index contributed by atoms with van der Waals surface area (Å²) in [6.07, 6.45) is -3.59. The molecule has 0 aliphatic rings. The number of hydrogen-bond donors (Lipinski definition) is 0. The first-order valence-electron chi connectivity index (χ1n) is 3.59. The van der Waals surface area contributed by atoms with E-state index in [1.807, 2.05) is 0 Å². The Morgan fingerprint density at radius 3 is 2.14 bits per heavy atom. The van der Waals surface area contributed by atoms with Gasteiger partial charge < -0.3 is 0 Å². The Bertz CT molecular complexity index is 340. The standard InChI is InChI=1S/C9H5BrClF3/c10-7-3-1-6(2-4-7)5-8(11)9(12,13)14/h1-5H/b8-5+. The summed E-state index contributed by atoms with van der Waals surface area (Å²) in [5.74, 6) is 0. The van der Waals surface area contributed by atoms with E-state index in [2.05, 4.69) is 15.9 Å². The Balaban J connectivity index is 2.93. The minimum Gasteiger partial charge on any atom is -0.165 e. The zero-order valence-electron chi connectivity index (χ0n) is 6.78. The molecule has 1 aromatic rings. The second kappa shape index (κ2) is 4.36. The topological polar surface area (TPSA) is 0 Å². The van der Waals surface area contributed by atoms with Crippen molar-refractivity contribution in [1.82, 2.24) is 0 Å². The third-order valence-corrected chi connectivity index (χ3v) is 2.29. The predicted octanol–water partition coefficient (Wildman–Crippen LogP) is 4.59. The van der Waals surface area contributed by atoms with Crippen molar-refractivity contribution in [2.45, 2.75) is 6.18 Å². The molecule has 0 fully saturated rings. The molecule has 0 bridgehead atoms. The average molecular weight is 285 g/mol. The molecule has 0 amide bonds. The molecule has 14 heavy (non-hydrogen) atoms. The van der Waals surface area contributed by atoms with Gasteiger partial charge in [0.25, 0.3) is 0 Å². The molecule has 76 valence electrons. The predicted molar refractivity (Wildman–Crippen MR) is 54.0 cm³/mol. The van der Waals surface area contributed by atoms with Gasteiger partial charge in [0.05, 0.1) is 0 Å². The highest BCUT2D eigenvalue weighted by Crippen LogP contribution is 2.30. The van der Waals surface area contributed by atoms with E-state index in [9.17, 15) is 13.2 Å². The van der Waals surface area contributed by atoms with Gasteiger partial charge in [-0.05, 0) is 23.8 Å². The molecule has 0 spiro atoms. The lowest BCUT2D eigenvalue weighted by Crippen LogP contribution is -2.06. The van der Waals surface area contributed by atoms with Crippen LogP contribution in [0.5, 0.6) is 0 Å². The monoisotopic (exact) mass is 284 g/mol. The van der Waals surface area contributed by atoms with Crippen LogP contribution >= 0.6 is 27.5 Å². The highest BCUT2D eigenvalue weighted by Gasteiger charge is 2.32. The van der Waals surface area contributed by atoms with Crippen molar-refractivity contribution in [1.29, 1.82) is 0 Å². The molecule has 1 aromatic carbocycles. The summed E-state index contributed by atoms with van der Waals surface area (Å²) in [6.45, 7) is 0. The summed E-state index contributed by atoms with van der Waals surface area (Å²) in [5.41, 5.74) is 0.413. The Labute approximate surface area is 92.5 Å². The zero-order valence-corrected chi connectivity index (χ0v) is 9.12. The van der Waals surface area contributed by atoms with E-state index in [0.29, 0.717) is 5.56 Å². The summed E-state index contributed by atoms with van der Waals surface area (Å²) in [4.78, 5) is 0. The van der Waals surface area contributed by atoms with Gasteiger partial charge in [-0.25, -0.2) is 0 Å². The van der Waals surface area contributed by atoms with Crippen LogP contribution in [0.15, 0.2) is 33.8 Å². The van der Waals surface area contributed by atoms with Crippen LogP contribution in [0, 0.1) is 0 Å². The van der Waals surface area contributed by atoms with E-state index in [1.54, 1.807) is 12.1 Å². The summed E-state index contributed by atoms with van der Waals surface area (Å²) in [6, 6.07) is 6.37. The van der Waals surface area contributed by atoms with Crippen LogP contribution < -0.4 is 0 Å². The van der Waals surface area contributed by atoms with Crippen LogP contribution in [0.25, 0.3) is 6.08 Å². The first-order valence-corrected chi connectivity index (χ1v) is 4.76. The summed E-state index contributed by atoms with van der Waals surface area (Å²) >= 11 is 8.23. The van der Waals surface area contributed by atoms with Crippen molar-refractivity contribution < 1.29 is 13.2 Å². The third-order valence-electron chi connectivity index (χ3n) is 1.43. The molecule has 0 unspecified atom stereocenters. The summed E-state index contributed by atoms with van der Waals surface area (Å²) in [5, 5.41) is -1.13. The van der Waals surface area contributed by atoms with Crippen molar-refractivity contribution in [3.05, 3.63) is 39.3 Å². The Kier molecular flexibility index (Phi) is 3.61. The van der Waals surface area contributed by atoms with Gasteiger partial charge in [0.2, 0.25) is 0 Å². The summed E-state index contributed by atoms with van der Waals surface area (Å²) in [7, 11) is 0. The third kappa shape index (κ3) is 3.35. The van der Waals surface area contributed by atoms with Gasteiger partial charge >= 0.3 is 6.18 Å². The molecule has 0 aliphatic carbocycles. The van der Waals surface area contributed by atoms with Gasteiger partial charge in [0, 0.05) is 4.47 Å². The highest BCUT2D eigenvalue weighted by molar-refractivity contribution is 9.10. The molecule has 5 heteroatoms. The van der Waals surface area contributed by atoms with Crippen molar-refractivity contribution in [2.75, 3.05) is 0 Å². The van der Waals surface area contributed by atoms with Crippen molar-refractivity contribution in [3.63, 3.8) is 0 Å². The SMILES string of the molecule is FC(F)(F)/C(Cl)=C\c1ccc(Br)cc1. The van der Waals surface area contributed by atoms with Crippen molar-refractivity contribution in [2.24, 2.45) is 0 Å². The summed E-state index contributed by atoms with van der Waals surface area (Å²) < 4.78 is 36.8. The minimum absolute atomic E-state index is 0.413. The van der Waals surface area contributed by atoms with Crippen LogP contribution in [0.3, 0.4) is 0 Å². The Morgan fingerprint density at radius 1 is 1.21 bits per heavy atom. The molecular weight excluding hydrogens is 280 g/mol. The van der Waals surface area contributed by atoms with Gasteiger partial charge in [-0.3, -0.25) is 0 Å². The van der Waals surface area contributed by atoms with Crippen molar-refractivity contribution >= 4 is 33.6 Å². The fourth-order valence-corrected chi connectivity index (χ4v) is 1.18. The molecule has 0 nitrogen and oxygen atoms in total. The second-order valence-corrected chi connectivity index (χ2v) is 3.86. The van der Waals surface area contributed by atoms with Gasteiger partial charge in [-0.2, -0.15) is 13.2 Å². The number of alkyl halides is 3. The molecule has 0 heterocycles. The largest absolute Gasteiger partial charge is 0.426 e. The molecule has 0 radical (unpaired) electrons. The number of rotatable bonds is 1. The minimum atomic E-state index is -4.48. The highest BCUT2D eigenvalue weighted by atomic mass is 79.9. The number of halogens is 5. The first-order chi connectivity index (χ1) is 6.39. The lowest BCUT2D eigenvalue weighted by atomic mass is 10.2. The fraction of sp³-hybridized carbons (Fsp3) is 0.111. The van der Waals surface area contributed by atoms with Crippen LogP contribution in [0.4, 0.5) is 13.2 Å². The zero-order chi connectivity index (χ0) is 10.8. The molecular formula is C9H5BrClF3. The average Bonchev–Trinajstić information content (AvgIpc) is 2.07. The van der Waals surface area contributed by atoms with Crippen LogP contribution in [0.2, 0.25) is 0 Å². The van der Waals surface area contributed by atoms with Gasteiger partial charge in [-0.15, -0.1) is 0 Å². The maximum absolute atomic E-state index is 12.0. The normalized spacial score (nSPS) is 13.1. The fourth-order valence-electron chi connectivity index (χ4n) is 0.787. The van der Waals surface area contributed by atoms with Crippen molar-refractivity contribution in [3.8, 4) is 0 Å². The lowest BCUT2D eigenvalue weighted by molar-refractivity contribution is -0.0836. The maximum Gasteiger partial charge on any atom is 0.426 e. The molecule has 0 saturated carbocycles. The van der Waals surface area contributed by atoms with Crippen LogP contribution in [-0.2, 0) is 0 Å². The van der Waals surface area contributed by atoms with E-state index in [4.69, 9.17) is 11.6 Å². The first kappa shape index (κ1) is 11.6. The molecule has 0 N–H and O–H groups in total. The second-order valence-electron chi connectivity index (χ2n) is 2.54. The van der Waals surface area contributed by atoms with Crippen LogP contribution in [0.1, 0.15) is 5.56 Å². The lowest BCUT2D eigenvalue weighted by Gasteiger charge is -2.03. The maximum atomic E-state index is 12.0. The van der Waals surface area contributed by atoms with E-state index in [1.165, 1.54) is 12.1 Å². The van der Waals surface area contributed by atoms with E-state index < -0.39 is 11.2 Å². The number of hydrogen-bond acceptors (Lipinski definition) is 0. The molecule has 1 rings (SSSR count). The van der Waals surface area contributed by atoms with Crippen LogP contribution in [-0.4, -0.2) is 6.18 Å². The number of allylic oxidation sites excluding steroid dienone is 1. The van der Waals surface area contributed by atoms with E-state index in [-0.39, 0.29) is 0 Å². The Morgan fingerprint density at radius 2 is 1.71 bits per heavy atom. The Hall–Kier alpha value is -0.480. The van der Waals surface area contributed by atoms with Gasteiger partial charge in [0.15, 0.2) is 0 Å². The van der Waals surface area contributed by atoms with E-state index in [0.717, 1.165) is 10.5 Å². The molecule has 0 saturated heterocycles. The number of benzene rings is 1. The quantitative estimate of drug-likeness (QED) is 0.708. The molecule has 0 aromatic heterocycles.